The topological polar surface area (TPSA) is 46.2 Å². The van der Waals surface area contributed by atoms with E-state index in [0.717, 1.165) is 0 Å². The number of allylic oxidation sites excluding steroid dienone is 2. The smallest absolute Gasteiger partial charge is 0.237 e. The summed E-state index contributed by atoms with van der Waals surface area (Å²) in [5.41, 5.74) is -1.42. The average molecular weight is 177 g/mol. The third kappa shape index (κ3) is 0.742. The van der Waals surface area contributed by atoms with Crippen LogP contribution in [0.3, 0.4) is 0 Å². The van der Waals surface area contributed by atoms with Gasteiger partial charge in [0.05, 0.1) is 10.8 Å². The molecule has 1 aliphatic carbocycles. The van der Waals surface area contributed by atoms with Gasteiger partial charge in [-0.15, -0.1) is 0 Å². The van der Waals surface area contributed by atoms with Gasteiger partial charge in [0.25, 0.3) is 0 Å². The summed E-state index contributed by atoms with van der Waals surface area (Å²) >= 11 is 0. The molecule has 1 saturated heterocycles. The van der Waals surface area contributed by atoms with Gasteiger partial charge < -0.3 is 0 Å². The van der Waals surface area contributed by atoms with Crippen molar-refractivity contribution in [3.8, 4) is 0 Å². The molecule has 2 amide bonds. The molecule has 1 N–H and O–H groups in total. The molecule has 3 heteroatoms. The fourth-order valence-electron chi connectivity index (χ4n) is 1.83. The van der Waals surface area contributed by atoms with E-state index in [1.807, 2.05) is 0 Å². The van der Waals surface area contributed by atoms with Crippen LogP contribution in [0.2, 0.25) is 0 Å². The van der Waals surface area contributed by atoms with Crippen LogP contribution in [0.1, 0.15) is 13.8 Å². The van der Waals surface area contributed by atoms with E-state index >= 15 is 0 Å². The number of hydrogen-bond donors (Lipinski definition) is 1. The molecular weight excluding hydrogens is 166 g/mol. The van der Waals surface area contributed by atoms with Gasteiger partial charge in [-0.2, -0.15) is 0 Å². The van der Waals surface area contributed by atoms with Crippen LogP contribution in [0, 0.1) is 10.8 Å². The number of carbonyl (C=O) groups is 2. The summed E-state index contributed by atoms with van der Waals surface area (Å²) in [7, 11) is 0. The molecule has 0 spiro atoms. The molecule has 0 bridgehead atoms. The van der Waals surface area contributed by atoms with Crippen molar-refractivity contribution in [2.24, 2.45) is 10.8 Å². The molecule has 1 fully saturated rings. The van der Waals surface area contributed by atoms with Gasteiger partial charge in [0.1, 0.15) is 0 Å². The molecule has 3 nitrogen and oxygen atoms in total. The molecule has 0 saturated carbocycles. The normalized spacial score (nSPS) is 42.0. The minimum absolute atomic E-state index is 0.208. The van der Waals surface area contributed by atoms with E-state index in [-0.39, 0.29) is 11.8 Å². The third-order valence-corrected chi connectivity index (χ3v) is 3.22. The van der Waals surface area contributed by atoms with Crippen LogP contribution in [0.5, 0.6) is 0 Å². The molecule has 0 aromatic heterocycles. The molecule has 68 valence electrons. The number of rotatable bonds is 0. The van der Waals surface area contributed by atoms with Crippen molar-refractivity contribution in [3.05, 3.63) is 24.3 Å². The Morgan fingerprint density at radius 1 is 1.00 bits per heavy atom. The summed E-state index contributed by atoms with van der Waals surface area (Å²) in [5, 5.41) is 2.36. The van der Waals surface area contributed by atoms with Gasteiger partial charge in [0.2, 0.25) is 11.8 Å². The second-order valence-electron chi connectivity index (χ2n) is 3.91. The lowest BCUT2D eigenvalue weighted by molar-refractivity contribution is -0.127. The Balaban J connectivity index is 2.62. The summed E-state index contributed by atoms with van der Waals surface area (Å²) in [5.74, 6) is -0.416. The highest BCUT2D eigenvalue weighted by atomic mass is 16.2. The fourth-order valence-corrected chi connectivity index (χ4v) is 1.83. The molecule has 2 rings (SSSR count). The zero-order valence-electron chi connectivity index (χ0n) is 7.63. The largest absolute Gasteiger partial charge is 0.295 e. The lowest BCUT2D eigenvalue weighted by atomic mass is 9.65. The number of nitrogens with one attached hydrogen (secondary N) is 1. The van der Waals surface area contributed by atoms with E-state index < -0.39 is 10.8 Å². The highest BCUT2D eigenvalue weighted by Gasteiger charge is 2.58. The Morgan fingerprint density at radius 2 is 1.38 bits per heavy atom. The van der Waals surface area contributed by atoms with Crippen molar-refractivity contribution in [2.75, 3.05) is 0 Å². The molecule has 0 aromatic rings. The Morgan fingerprint density at radius 3 is 1.77 bits per heavy atom. The monoisotopic (exact) mass is 177 g/mol. The van der Waals surface area contributed by atoms with Crippen LogP contribution in [0.25, 0.3) is 0 Å². The van der Waals surface area contributed by atoms with Crippen LogP contribution in [-0.2, 0) is 9.59 Å². The van der Waals surface area contributed by atoms with Gasteiger partial charge >= 0.3 is 0 Å². The van der Waals surface area contributed by atoms with Crippen LogP contribution >= 0.6 is 0 Å². The maximum atomic E-state index is 11.5. The molecule has 2 aliphatic rings. The van der Waals surface area contributed by atoms with Crippen molar-refractivity contribution in [1.82, 2.24) is 5.32 Å². The van der Waals surface area contributed by atoms with E-state index in [1.54, 1.807) is 38.2 Å². The van der Waals surface area contributed by atoms with E-state index in [9.17, 15) is 9.59 Å². The molecule has 1 heterocycles. The first-order valence-electron chi connectivity index (χ1n) is 4.24. The van der Waals surface area contributed by atoms with Crippen molar-refractivity contribution in [3.63, 3.8) is 0 Å². The Hall–Kier alpha value is -1.38. The first-order valence-corrected chi connectivity index (χ1v) is 4.24. The lowest BCUT2D eigenvalue weighted by Crippen LogP contribution is -2.38. The summed E-state index contributed by atoms with van der Waals surface area (Å²) < 4.78 is 0. The van der Waals surface area contributed by atoms with Crippen molar-refractivity contribution >= 4 is 11.8 Å². The Labute approximate surface area is 76.5 Å². The molecule has 13 heavy (non-hydrogen) atoms. The Bertz CT molecular complexity index is 322. The quantitative estimate of drug-likeness (QED) is 0.556. The second kappa shape index (κ2) is 2.10. The molecular formula is C10H11NO2. The van der Waals surface area contributed by atoms with Crippen molar-refractivity contribution in [2.45, 2.75) is 13.8 Å². The van der Waals surface area contributed by atoms with Crippen LogP contribution in [0.4, 0.5) is 0 Å². The zero-order valence-corrected chi connectivity index (χ0v) is 7.63. The fraction of sp³-hybridized carbons (Fsp3) is 0.400. The maximum Gasteiger partial charge on any atom is 0.237 e. The van der Waals surface area contributed by atoms with Crippen molar-refractivity contribution in [1.29, 1.82) is 0 Å². The summed E-state index contributed by atoms with van der Waals surface area (Å²) in [4.78, 5) is 23.1. The predicted octanol–water partition coefficient (Wildman–Crippen LogP) is 0.781. The van der Waals surface area contributed by atoms with Crippen molar-refractivity contribution < 1.29 is 9.59 Å². The first-order chi connectivity index (χ1) is 6.01. The average Bonchev–Trinajstić information content (AvgIpc) is 2.25. The first kappa shape index (κ1) is 8.23. The van der Waals surface area contributed by atoms with E-state index in [4.69, 9.17) is 0 Å². The van der Waals surface area contributed by atoms with E-state index in [0.29, 0.717) is 0 Å². The number of fused-ring (bicyclic) bond motifs is 1. The maximum absolute atomic E-state index is 11.5. The van der Waals surface area contributed by atoms with Gasteiger partial charge in [-0.1, -0.05) is 24.3 Å². The number of hydrogen-bond acceptors (Lipinski definition) is 2. The van der Waals surface area contributed by atoms with Crippen LogP contribution in [0.15, 0.2) is 24.3 Å². The molecule has 1 aliphatic heterocycles. The van der Waals surface area contributed by atoms with E-state index in [1.165, 1.54) is 0 Å². The van der Waals surface area contributed by atoms with E-state index in [2.05, 4.69) is 5.32 Å². The number of amides is 2. The zero-order chi connectivity index (χ0) is 9.69. The summed E-state index contributed by atoms with van der Waals surface area (Å²) in [6.45, 7) is 3.57. The third-order valence-electron chi connectivity index (χ3n) is 3.22. The summed E-state index contributed by atoms with van der Waals surface area (Å²) in [6, 6.07) is 0. The lowest BCUT2D eigenvalue weighted by Gasteiger charge is -2.32. The predicted molar refractivity (Wildman–Crippen MR) is 47.6 cm³/mol. The SMILES string of the molecule is C[C@@]12C=CC=C[C@]1(C)C(=O)NC2=O. The highest BCUT2D eigenvalue weighted by Crippen LogP contribution is 2.47. The van der Waals surface area contributed by atoms with Crippen LogP contribution < -0.4 is 5.32 Å². The second-order valence-corrected chi connectivity index (χ2v) is 3.91. The number of carbonyl (C=O) groups excluding carboxylic acids is 2. The highest BCUT2D eigenvalue weighted by molar-refractivity contribution is 6.11. The van der Waals surface area contributed by atoms with Crippen LogP contribution in [-0.4, -0.2) is 11.8 Å². The van der Waals surface area contributed by atoms with Gasteiger partial charge in [0.15, 0.2) is 0 Å². The summed E-state index contributed by atoms with van der Waals surface area (Å²) in [6.07, 6.45) is 7.18. The number of imide groups is 1. The molecule has 0 unspecified atom stereocenters. The molecule has 0 aromatic carbocycles. The minimum Gasteiger partial charge on any atom is -0.295 e. The standard InChI is InChI=1S/C10H11NO2/c1-9-5-3-4-6-10(9,2)8(13)11-7(9)12/h3-6H,1-2H3,(H,11,12,13)/t9-,10+. The van der Waals surface area contributed by atoms with Gasteiger partial charge in [0, 0.05) is 0 Å². The molecule has 2 atom stereocenters. The minimum atomic E-state index is -0.709. The van der Waals surface area contributed by atoms with Gasteiger partial charge in [-0.05, 0) is 13.8 Å². The van der Waals surface area contributed by atoms with Gasteiger partial charge in [-0.3, -0.25) is 14.9 Å². The Kier molecular flexibility index (Phi) is 1.33. The molecule has 0 radical (unpaired) electrons. The van der Waals surface area contributed by atoms with Gasteiger partial charge in [-0.25, -0.2) is 0 Å².